The van der Waals surface area contributed by atoms with Gasteiger partial charge in [-0.15, -0.1) is 0 Å². The second-order valence-electron chi connectivity index (χ2n) is 4.89. The summed E-state index contributed by atoms with van der Waals surface area (Å²) in [6, 6.07) is 10.1. The minimum Gasteiger partial charge on any atom is -0.491 e. The Hall–Kier alpha value is -1.69. The number of hydrogen-bond acceptors (Lipinski definition) is 3. The van der Waals surface area contributed by atoms with Crippen LogP contribution in [-0.4, -0.2) is 18.7 Å². The molecule has 0 aliphatic rings. The van der Waals surface area contributed by atoms with Gasteiger partial charge in [0.25, 0.3) is 0 Å². The third-order valence-electron chi connectivity index (χ3n) is 2.71. The maximum Gasteiger partial charge on any atom is 0.121 e. The summed E-state index contributed by atoms with van der Waals surface area (Å²) < 4.78 is 5.58. The molecule has 0 bridgehead atoms. The quantitative estimate of drug-likeness (QED) is 0.799. The van der Waals surface area contributed by atoms with Crippen LogP contribution in [0.1, 0.15) is 27.7 Å². The molecule has 0 aromatic heterocycles. The predicted molar refractivity (Wildman–Crippen MR) is 70.3 cm³/mol. The minimum absolute atomic E-state index is 0.175. The lowest BCUT2D eigenvalue weighted by Gasteiger charge is -2.31. The summed E-state index contributed by atoms with van der Waals surface area (Å²) >= 11 is 0. The van der Waals surface area contributed by atoms with E-state index in [-0.39, 0.29) is 6.10 Å². The van der Waals surface area contributed by atoms with Crippen molar-refractivity contribution >= 4 is 5.69 Å². The summed E-state index contributed by atoms with van der Waals surface area (Å²) in [7, 11) is 1.92. The lowest BCUT2D eigenvalue weighted by atomic mass is 10.1. The fraction of sp³-hybridized carbons (Fsp3) is 0.500. The van der Waals surface area contributed by atoms with Crippen LogP contribution in [0.2, 0.25) is 0 Å². The SMILES string of the molecule is CC(C)Oc1ccc(N(C)C(C)(C)C#N)cc1. The molecule has 0 aliphatic heterocycles. The van der Waals surface area contributed by atoms with Crippen molar-refractivity contribution in [3.63, 3.8) is 0 Å². The van der Waals surface area contributed by atoms with Gasteiger partial charge in [-0.1, -0.05) is 0 Å². The number of benzene rings is 1. The predicted octanol–water partition coefficient (Wildman–Crippen LogP) is 3.21. The first-order chi connectivity index (χ1) is 7.86. The van der Waals surface area contributed by atoms with Crippen LogP contribution in [0.25, 0.3) is 0 Å². The molecule has 17 heavy (non-hydrogen) atoms. The highest BCUT2D eigenvalue weighted by Gasteiger charge is 2.22. The molecule has 0 spiro atoms. The first-order valence-electron chi connectivity index (χ1n) is 5.78. The molecule has 1 aromatic rings. The van der Waals surface area contributed by atoms with Crippen molar-refractivity contribution in [1.82, 2.24) is 0 Å². The molecule has 1 rings (SSSR count). The normalized spacial score (nSPS) is 11.1. The molecule has 0 amide bonds. The molecule has 0 fully saturated rings. The Kier molecular flexibility index (Phi) is 4.01. The van der Waals surface area contributed by atoms with Crippen LogP contribution < -0.4 is 9.64 Å². The van der Waals surface area contributed by atoms with Crippen LogP contribution in [0.4, 0.5) is 5.69 Å². The summed E-state index contributed by atoms with van der Waals surface area (Å²) in [5.41, 5.74) is 0.494. The van der Waals surface area contributed by atoms with E-state index in [1.54, 1.807) is 0 Å². The van der Waals surface area contributed by atoms with Gasteiger partial charge in [0, 0.05) is 12.7 Å². The van der Waals surface area contributed by atoms with E-state index in [9.17, 15) is 0 Å². The first kappa shape index (κ1) is 13.4. The smallest absolute Gasteiger partial charge is 0.121 e. The van der Waals surface area contributed by atoms with E-state index in [1.165, 1.54) is 0 Å². The lowest BCUT2D eigenvalue weighted by molar-refractivity contribution is 0.242. The van der Waals surface area contributed by atoms with Gasteiger partial charge in [0.2, 0.25) is 0 Å². The Bertz CT molecular complexity index is 401. The third kappa shape index (κ3) is 3.39. The number of nitrogens with zero attached hydrogens (tertiary/aromatic N) is 2. The molecule has 0 saturated carbocycles. The largest absolute Gasteiger partial charge is 0.491 e. The molecular formula is C14H20N2O. The molecule has 92 valence electrons. The van der Waals surface area contributed by atoms with Gasteiger partial charge in [0.05, 0.1) is 12.2 Å². The molecule has 0 unspecified atom stereocenters. The van der Waals surface area contributed by atoms with Gasteiger partial charge in [0.15, 0.2) is 0 Å². The monoisotopic (exact) mass is 232 g/mol. The molecule has 1 aromatic carbocycles. The lowest BCUT2D eigenvalue weighted by Crippen LogP contribution is -2.39. The molecule has 0 aliphatic carbocycles. The maximum absolute atomic E-state index is 9.08. The molecule has 0 atom stereocenters. The van der Waals surface area contributed by atoms with Crippen molar-refractivity contribution in [2.45, 2.75) is 39.3 Å². The Balaban J connectivity index is 2.85. The number of hydrogen-bond donors (Lipinski definition) is 0. The highest BCUT2D eigenvalue weighted by molar-refractivity contribution is 5.51. The fourth-order valence-electron chi connectivity index (χ4n) is 1.42. The van der Waals surface area contributed by atoms with Crippen molar-refractivity contribution in [2.75, 3.05) is 11.9 Å². The number of rotatable bonds is 4. The standard InChI is InChI=1S/C14H20N2O/c1-11(2)17-13-8-6-12(7-9-13)16(5)14(3,4)10-15/h6-9,11H,1-5H3. The summed E-state index contributed by atoms with van der Waals surface area (Å²) in [6.45, 7) is 7.79. The van der Waals surface area contributed by atoms with Gasteiger partial charge in [-0.25, -0.2) is 0 Å². The van der Waals surface area contributed by atoms with Crippen molar-refractivity contribution in [3.8, 4) is 11.8 Å². The summed E-state index contributed by atoms with van der Waals surface area (Å²) in [4.78, 5) is 1.95. The number of anilines is 1. The Morgan fingerprint density at radius 2 is 1.76 bits per heavy atom. The molecule has 0 radical (unpaired) electrons. The van der Waals surface area contributed by atoms with Crippen molar-refractivity contribution in [1.29, 1.82) is 5.26 Å². The highest BCUT2D eigenvalue weighted by atomic mass is 16.5. The van der Waals surface area contributed by atoms with E-state index in [1.807, 2.05) is 63.9 Å². The van der Waals surface area contributed by atoms with Crippen LogP contribution in [-0.2, 0) is 0 Å². The molecule has 0 heterocycles. The second-order valence-corrected chi connectivity index (χ2v) is 4.89. The minimum atomic E-state index is -0.513. The van der Waals surface area contributed by atoms with E-state index in [0.717, 1.165) is 11.4 Å². The summed E-state index contributed by atoms with van der Waals surface area (Å²) in [5.74, 6) is 0.854. The zero-order valence-corrected chi connectivity index (χ0v) is 11.2. The molecule has 3 heteroatoms. The number of ether oxygens (including phenoxy) is 1. The van der Waals surface area contributed by atoms with Gasteiger partial charge in [-0.3, -0.25) is 0 Å². The average molecular weight is 232 g/mol. The summed E-state index contributed by atoms with van der Waals surface area (Å²) in [5, 5.41) is 9.08. The topological polar surface area (TPSA) is 36.3 Å². The van der Waals surface area contributed by atoms with Crippen LogP contribution >= 0.6 is 0 Å². The highest BCUT2D eigenvalue weighted by Crippen LogP contribution is 2.24. The van der Waals surface area contributed by atoms with Crippen LogP contribution in [0.3, 0.4) is 0 Å². The van der Waals surface area contributed by atoms with Crippen LogP contribution in [0, 0.1) is 11.3 Å². The zero-order valence-electron chi connectivity index (χ0n) is 11.2. The van der Waals surface area contributed by atoms with Crippen molar-refractivity contribution < 1.29 is 4.74 Å². The average Bonchev–Trinajstić information content (AvgIpc) is 2.28. The van der Waals surface area contributed by atoms with Crippen molar-refractivity contribution in [3.05, 3.63) is 24.3 Å². The van der Waals surface area contributed by atoms with Crippen molar-refractivity contribution in [2.24, 2.45) is 0 Å². The zero-order chi connectivity index (χ0) is 13.1. The van der Waals surface area contributed by atoms with E-state index in [2.05, 4.69) is 6.07 Å². The van der Waals surface area contributed by atoms with E-state index in [4.69, 9.17) is 10.00 Å². The summed E-state index contributed by atoms with van der Waals surface area (Å²) in [6.07, 6.45) is 0.175. The molecule has 0 N–H and O–H groups in total. The Labute approximate surface area is 104 Å². The van der Waals surface area contributed by atoms with E-state index in [0.29, 0.717) is 0 Å². The van der Waals surface area contributed by atoms with E-state index < -0.39 is 5.54 Å². The molecular weight excluding hydrogens is 212 g/mol. The first-order valence-corrected chi connectivity index (χ1v) is 5.78. The second kappa shape index (κ2) is 5.09. The number of nitriles is 1. The maximum atomic E-state index is 9.08. The Morgan fingerprint density at radius 1 is 1.24 bits per heavy atom. The fourth-order valence-corrected chi connectivity index (χ4v) is 1.42. The molecule has 0 saturated heterocycles. The van der Waals surface area contributed by atoms with E-state index >= 15 is 0 Å². The van der Waals surface area contributed by atoms with Gasteiger partial charge in [-0.05, 0) is 52.0 Å². The van der Waals surface area contributed by atoms with Gasteiger partial charge in [0.1, 0.15) is 11.3 Å². The van der Waals surface area contributed by atoms with Gasteiger partial charge < -0.3 is 9.64 Å². The van der Waals surface area contributed by atoms with Crippen LogP contribution in [0.15, 0.2) is 24.3 Å². The Morgan fingerprint density at radius 3 is 2.18 bits per heavy atom. The molecule has 3 nitrogen and oxygen atoms in total. The third-order valence-corrected chi connectivity index (χ3v) is 2.71. The van der Waals surface area contributed by atoms with Gasteiger partial charge in [-0.2, -0.15) is 5.26 Å². The van der Waals surface area contributed by atoms with Gasteiger partial charge >= 0.3 is 0 Å². The van der Waals surface area contributed by atoms with Crippen LogP contribution in [0.5, 0.6) is 5.75 Å².